The van der Waals surface area contributed by atoms with Gasteiger partial charge in [0.15, 0.2) is 0 Å². The average Bonchev–Trinajstić information content (AvgIpc) is 3.62. The molecule has 9 aromatic carbocycles. The predicted molar refractivity (Wildman–Crippen MR) is 276 cm³/mol. The fourth-order valence-corrected chi connectivity index (χ4v) is 11.5. The van der Waals surface area contributed by atoms with Gasteiger partial charge in [-0.2, -0.15) is 0 Å². The van der Waals surface area contributed by atoms with Gasteiger partial charge in [-0.15, -0.1) is 0 Å². The maximum absolute atomic E-state index is 2.54. The van der Waals surface area contributed by atoms with Crippen LogP contribution in [0.15, 0.2) is 222 Å². The Morgan fingerprint density at radius 3 is 1.37 bits per heavy atom. The quantitative estimate of drug-likeness (QED) is 0.164. The molecule has 0 saturated carbocycles. The Bertz CT molecular complexity index is 3180. The molecule has 11 rings (SSSR count). The number of fused-ring (bicyclic) bond motifs is 9. The second-order valence-electron chi connectivity index (χ2n) is 19.7. The van der Waals surface area contributed by atoms with Gasteiger partial charge in [0.2, 0.25) is 0 Å². The minimum atomic E-state index is -0.521. The van der Waals surface area contributed by atoms with Crippen molar-refractivity contribution in [2.45, 2.75) is 67.6 Å². The van der Waals surface area contributed by atoms with Crippen LogP contribution in [0, 0.1) is 0 Å². The minimum Gasteiger partial charge on any atom is -0.309 e. The van der Waals surface area contributed by atoms with Gasteiger partial charge in [-0.05, 0) is 120 Å². The first kappa shape index (κ1) is 40.9. The molecule has 1 aliphatic carbocycles. The van der Waals surface area contributed by atoms with Crippen molar-refractivity contribution in [1.82, 2.24) is 0 Å². The molecular weight excluding hydrogens is 803 g/mol. The summed E-state index contributed by atoms with van der Waals surface area (Å²) < 4.78 is 0. The molecule has 1 spiro atoms. The van der Waals surface area contributed by atoms with Crippen molar-refractivity contribution in [2.24, 2.45) is 0 Å². The van der Waals surface area contributed by atoms with Crippen molar-refractivity contribution in [2.75, 3.05) is 4.90 Å². The Morgan fingerprint density at radius 2 is 0.785 bits per heavy atom. The van der Waals surface area contributed by atoms with Crippen molar-refractivity contribution < 1.29 is 0 Å². The van der Waals surface area contributed by atoms with E-state index >= 15 is 0 Å². The molecule has 2 heteroatoms. The molecule has 2 aliphatic rings. The standard InChI is InChI=1S/C63H53NS/c1-61(2,3)46-34-37-59-55(40-46)63(56-41-47(62(4,5)6)35-38-60(56)65-59)53-26-16-13-25-51(53)52-36-33-45(39-54(52)63)50-24-15-18-28-58(50)64(48-21-11-8-12-22-48)57-27-17-14-23-49(57)44-31-29-43(30-32-44)42-19-9-7-10-20-42/h7-41H,1-6H3. The number of benzene rings is 9. The van der Waals surface area contributed by atoms with E-state index in [1.54, 1.807) is 0 Å². The lowest BCUT2D eigenvalue weighted by molar-refractivity contribution is 0.581. The lowest BCUT2D eigenvalue weighted by atomic mass is 9.65. The van der Waals surface area contributed by atoms with Crippen LogP contribution >= 0.6 is 11.8 Å². The number of hydrogen-bond donors (Lipinski definition) is 0. The molecule has 65 heavy (non-hydrogen) atoms. The normalized spacial score (nSPS) is 13.4. The van der Waals surface area contributed by atoms with Crippen molar-refractivity contribution in [1.29, 1.82) is 0 Å². The van der Waals surface area contributed by atoms with Gasteiger partial charge in [-0.3, -0.25) is 0 Å². The fourth-order valence-electron chi connectivity index (χ4n) is 10.3. The van der Waals surface area contributed by atoms with Gasteiger partial charge in [-0.25, -0.2) is 0 Å². The number of nitrogens with zero attached hydrogens (tertiary/aromatic N) is 1. The van der Waals surface area contributed by atoms with E-state index in [0.29, 0.717) is 0 Å². The van der Waals surface area contributed by atoms with Crippen LogP contribution in [0.3, 0.4) is 0 Å². The van der Waals surface area contributed by atoms with E-state index < -0.39 is 5.41 Å². The Morgan fingerprint density at radius 1 is 0.338 bits per heavy atom. The molecule has 0 aromatic heterocycles. The van der Waals surface area contributed by atoms with Crippen LogP contribution in [0.4, 0.5) is 17.1 Å². The summed E-state index contributed by atoms with van der Waals surface area (Å²) in [5, 5.41) is 0. The maximum atomic E-state index is 2.54. The van der Waals surface area contributed by atoms with Gasteiger partial charge in [0, 0.05) is 26.6 Å². The molecule has 0 atom stereocenters. The van der Waals surface area contributed by atoms with E-state index in [-0.39, 0.29) is 10.8 Å². The van der Waals surface area contributed by atoms with Gasteiger partial charge in [-0.1, -0.05) is 223 Å². The van der Waals surface area contributed by atoms with Crippen LogP contribution in [0.1, 0.15) is 74.9 Å². The highest BCUT2D eigenvalue weighted by Crippen LogP contribution is 2.63. The van der Waals surface area contributed by atoms with Crippen molar-refractivity contribution in [3.8, 4) is 44.5 Å². The highest BCUT2D eigenvalue weighted by atomic mass is 32.2. The molecule has 0 amide bonds. The van der Waals surface area contributed by atoms with Gasteiger partial charge in [0.05, 0.1) is 16.8 Å². The topological polar surface area (TPSA) is 3.24 Å². The van der Waals surface area contributed by atoms with Crippen LogP contribution in [-0.4, -0.2) is 0 Å². The zero-order valence-electron chi connectivity index (χ0n) is 38.1. The molecule has 0 unspecified atom stereocenters. The van der Waals surface area contributed by atoms with E-state index in [0.717, 1.165) is 17.1 Å². The summed E-state index contributed by atoms with van der Waals surface area (Å²) in [5.41, 5.74) is 20.7. The number of para-hydroxylation sites is 3. The third kappa shape index (κ3) is 6.86. The number of anilines is 3. The molecule has 1 heterocycles. The Kier molecular flexibility index (Phi) is 9.86. The van der Waals surface area contributed by atoms with Crippen molar-refractivity contribution in [3.63, 3.8) is 0 Å². The highest BCUT2D eigenvalue weighted by molar-refractivity contribution is 7.99. The molecule has 0 saturated heterocycles. The zero-order valence-corrected chi connectivity index (χ0v) is 38.9. The summed E-state index contributed by atoms with van der Waals surface area (Å²) in [5.74, 6) is 0. The fraction of sp³-hybridized carbons (Fsp3) is 0.143. The molecule has 1 aliphatic heterocycles. The molecular formula is C63H53NS. The first-order chi connectivity index (χ1) is 31.5. The SMILES string of the molecule is CC(C)(C)c1ccc2c(c1)C1(c3cc(C(C)(C)C)ccc3S2)c2ccccc2-c2ccc(-c3ccccc3N(c3ccccc3)c3ccccc3-c3ccc(-c4ccccc4)cc3)cc21. The number of hydrogen-bond acceptors (Lipinski definition) is 2. The van der Waals surface area contributed by atoms with Gasteiger partial charge in [0.1, 0.15) is 0 Å². The highest BCUT2D eigenvalue weighted by Gasteiger charge is 2.51. The zero-order chi connectivity index (χ0) is 44.5. The minimum absolute atomic E-state index is 0.0166. The van der Waals surface area contributed by atoms with Crippen LogP contribution in [0.25, 0.3) is 44.5 Å². The van der Waals surface area contributed by atoms with Gasteiger partial charge < -0.3 is 4.90 Å². The lowest BCUT2D eigenvalue weighted by Gasteiger charge is -2.41. The average molecular weight is 856 g/mol. The van der Waals surface area contributed by atoms with Gasteiger partial charge in [0.25, 0.3) is 0 Å². The predicted octanol–water partition coefficient (Wildman–Crippen LogP) is 17.6. The maximum Gasteiger partial charge on any atom is 0.0735 e. The summed E-state index contributed by atoms with van der Waals surface area (Å²) in [7, 11) is 0. The second-order valence-corrected chi connectivity index (χ2v) is 20.8. The van der Waals surface area contributed by atoms with Crippen LogP contribution in [-0.2, 0) is 16.2 Å². The summed E-state index contributed by atoms with van der Waals surface area (Å²) in [4.78, 5) is 5.11. The summed E-state index contributed by atoms with van der Waals surface area (Å²) in [6, 6.07) is 79.5. The lowest BCUT2D eigenvalue weighted by Crippen LogP contribution is -2.33. The number of rotatable bonds is 6. The third-order valence-electron chi connectivity index (χ3n) is 13.7. The van der Waals surface area contributed by atoms with E-state index in [9.17, 15) is 0 Å². The molecule has 1 nitrogen and oxygen atoms in total. The van der Waals surface area contributed by atoms with E-state index in [2.05, 4.69) is 259 Å². The molecule has 0 bridgehead atoms. The van der Waals surface area contributed by atoms with Crippen molar-refractivity contribution in [3.05, 3.63) is 246 Å². The largest absolute Gasteiger partial charge is 0.309 e. The van der Waals surface area contributed by atoms with Crippen LogP contribution < -0.4 is 4.90 Å². The first-order valence-corrected chi connectivity index (χ1v) is 23.7. The molecule has 9 aromatic rings. The molecule has 316 valence electrons. The Labute approximate surface area is 389 Å². The summed E-state index contributed by atoms with van der Waals surface area (Å²) in [6.45, 7) is 14.0. The molecule has 0 fully saturated rings. The summed E-state index contributed by atoms with van der Waals surface area (Å²) >= 11 is 1.93. The Hall–Kier alpha value is -6.87. The van der Waals surface area contributed by atoms with Crippen molar-refractivity contribution >= 4 is 28.8 Å². The third-order valence-corrected chi connectivity index (χ3v) is 14.8. The van der Waals surface area contributed by atoms with E-state index in [1.165, 1.54) is 87.7 Å². The molecule has 0 N–H and O–H groups in total. The van der Waals surface area contributed by atoms with Crippen LogP contribution in [0.5, 0.6) is 0 Å². The Balaban J connectivity index is 1.14. The van der Waals surface area contributed by atoms with Gasteiger partial charge >= 0.3 is 0 Å². The van der Waals surface area contributed by atoms with Crippen LogP contribution in [0.2, 0.25) is 0 Å². The monoisotopic (exact) mass is 855 g/mol. The second kappa shape index (κ2) is 15.7. The smallest absolute Gasteiger partial charge is 0.0735 e. The first-order valence-electron chi connectivity index (χ1n) is 22.9. The van der Waals surface area contributed by atoms with E-state index in [4.69, 9.17) is 0 Å². The summed E-state index contributed by atoms with van der Waals surface area (Å²) in [6.07, 6.45) is 0. The van der Waals surface area contributed by atoms with E-state index in [1.807, 2.05) is 11.8 Å². The molecule has 0 radical (unpaired) electrons.